The summed E-state index contributed by atoms with van der Waals surface area (Å²) in [5.41, 5.74) is 6.67. The summed E-state index contributed by atoms with van der Waals surface area (Å²) in [5.74, 6) is 1.22. The van der Waals surface area contributed by atoms with Crippen molar-refractivity contribution in [2.45, 2.75) is 38.1 Å². The average molecular weight is 242 g/mol. The third-order valence-corrected chi connectivity index (χ3v) is 3.57. The van der Waals surface area contributed by atoms with Crippen LogP contribution in [0.3, 0.4) is 0 Å². The highest BCUT2D eigenvalue weighted by Gasteiger charge is 2.15. The molecule has 1 aromatic heterocycles. The monoisotopic (exact) mass is 242 g/mol. The van der Waals surface area contributed by atoms with E-state index in [-0.39, 0.29) is 0 Å². The minimum atomic E-state index is 0.340. The van der Waals surface area contributed by atoms with E-state index >= 15 is 0 Å². The maximum atomic E-state index is 5.77. The topological polar surface area (TPSA) is 63.8 Å². The van der Waals surface area contributed by atoms with Crippen molar-refractivity contribution >= 4 is 22.7 Å². The van der Waals surface area contributed by atoms with Crippen molar-refractivity contribution in [3.05, 3.63) is 24.3 Å². The van der Waals surface area contributed by atoms with E-state index in [4.69, 9.17) is 5.73 Å². The molecule has 0 saturated heterocycles. The zero-order valence-corrected chi connectivity index (χ0v) is 10.4. The van der Waals surface area contributed by atoms with Gasteiger partial charge in [0.15, 0.2) is 0 Å². The molecule has 0 spiro atoms. The van der Waals surface area contributed by atoms with Crippen molar-refractivity contribution in [3.63, 3.8) is 0 Å². The minimum Gasteiger partial charge on any atom is -0.368 e. The Morgan fingerprint density at radius 3 is 2.67 bits per heavy atom. The van der Waals surface area contributed by atoms with E-state index in [2.05, 4.69) is 15.3 Å². The third kappa shape index (κ3) is 2.23. The number of nitrogens with zero attached hydrogens (tertiary/aromatic N) is 2. The van der Waals surface area contributed by atoms with Gasteiger partial charge < -0.3 is 11.1 Å². The number of aromatic nitrogens is 2. The highest BCUT2D eigenvalue weighted by molar-refractivity contribution is 5.89. The first-order valence-electron chi connectivity index (χ1n) is 6.62. The molecule has 4 heteroatoms. The molecule has 2 aromatic rings. The van der Waals surface area contributed by atoms with E-state index in [0.717, 1.165) is 16.7 Å². The third-order valence-electron chi connectivity index (χ3n) is 3.57. The molecule has 94 valence electrons. The molecule has 0 radical (unpaired) electrons. The van der Waals surface area contributed by atoms with Crippen LogP contribution in [0.5, 0.6) is 0 Å². The fourth-order valence-corrected chi connectivity index (χ4v) is 2.64. The van der Waals surface area contributed by atoms with Crippen LogP contribution in [0, 0.1) is 0 Å². The average Bonchev–Trinajstić information content (AvgIpc) is 2.40. The lowest BCUT2D eigenvalue weighted by Gasteiger charge is -2.23. The summed E-state index contributed by atoms with van der Waals surface area (Å²) in [6, 6.07) is 8.52. The Bertz CT molecular complexity index is 546. The lowest BCUT2D eigenvalue weighted by Crippen LogP contribution is -2.23. The lowest BCUT2D eigenvalue weighted by molar-refractivity contribution is 0.462. The van der Waals surface area contributed by atoms with Crippen molar-refractivity contribution in [1.82, 2.24) is 9.97 Å². The fraction of sp³-hybridized carbons (Fsp3) is 0.429. The maximum Gasteiger partial charge on any atom is 0.222 e. The standard InChI is InChI=1S/C14H18N4/c15-14-17-12-9-5-4-8-11(12)13(18-14)16-10-6-2-1-3-7-10/h4-5,8-10H,1-3,6-7H2,(H3,15,16,17,18). The number of nitrogens with one attached hydrogen (secondary N) is 1. The molecule has 18 heavy (non-hydrogen) atoms. The Morgan fingerprint density at radius 1 is 1.06 bits per heavy atom. The molecule has 1 fully saturated rings. The van der Waals surface area contributed by atoms with Gasteiger partial charge in [0, 0.05) is 11.4 Å². The van der Waals surface area contributed by atoms with Gasteiger partial charge in [-0.05, 0) is 25.0 Å². The quantitative estimate of drug-likeness (QED) is 0.849. The maximum absolute atomic E-state index is 5.77. The molecular weight excluding hydrogens is 224 g/mol. The highest BCUT2D eigenvalue weighted by atomic mass is 15.1. The van der Waals surface area contributed by atoms with Crippen molar-refractivity contribution in [1.29, 1.82) is 0 Å². The van der Waals surface area contributed by atoms with Crippen LogP contribution in [-0.2, 0) is 0 Å². The van der Waals surface area contributed by atoms with Gasteiger partial charge in [0.05, 0.1) is 5.52 Å². The summed E-state index contributed by atoms with van der Waals surface area (Å²) in [5, 5.41) is 4.59. The van der Waals surface area contributed by atoms with Crippen LogP contribution in [0.4, 0.5) is 11.8 Å². The van der Waals surface area contributed by atoms with Gasteiger partial charge in [0.2, 0.25) is 5.95 Å². The molecule has 3 rings (SSSR count). The van der Waals surface area contributed by atoms with Gasteiger partial charge in [-0.1, -0.05) is 31.4 Å². The predicted octanol–water partition coefficient (Wildman–Crippen LogP) is 2.96. The Morgan fingerprint density at radius 2 is 1.83 bits per heavy atom. The summed E-state index contributed by atoms with van der Waals surface area (Å²) in [4.78, 5) is 8.61. The number of fused-ring (bicyclic) bond motifs is 1. The molecule has 0 unspecified atom stereocenters. The summed E-state index contributed by atoms with van der Waals surface area (Å²) < 4.78 is 0. The molecule has 1 heterocycles. The first-order valence-corrected chi connectivity index (χ1v) is 6.62. The SMILES string of the molecule is Nc1nc(NC2CCCCC2)c2ccccc2n1. The van der Waals surface area contributed by atoms with Gasteiger partial charge >= 0.3 is 0 Å². The van der Waals surface area contributed by atoms with Crippen LogP contribution in [0.1, 0.15) is 32.1 Å². The molecule has 3 N–H and O–H groups in total. The molecule has 0 aliphatic heterocycles. The first-order chi connectivity index (χ1) is 8.83. The zero-order valence-electron chi connectivity index (χ0n) is 10.4. The zero-order chi connectivity index (χ0) is 12.4. The Labute approximate surface area is 107 Å². The van der Waals surface area contributed by atoms with E-state index in [1.165, 1.54) is 32.1 Å². The number of benzene rings is 1. The molecule has 0 bridgehead atoms. The van der Waals surface area contributed by atoms with Crippen LogP contribution in [0.15, 0.2) is 24.3 Å². The van der Waals surface area contributed by atoms with Gasteiger partial charge in [-0.15, -0.1) is 0 Å². The normalized spacial score (nSPS) is 16.9. The van der Waals surface area contributed by atoms with Crippen LogP contribution in [-0.4, -0.2) is 16.0 Å². The number of para-hydroxylation sites is 1. The molecule has 0 atom stereocenters. The molecule has 0 amide bonds. The lowest BCUT2D eigenvalue weighted by atomic mass is 9.95. The van der Waals surface area contributed by atoms with Gasteiger partial charge in [-0.2, -0.15) is 4.98 Å². The molecule has 4 nitrogen and oxygen atoms in total. The smallest absolute Gasteiger partial charge is 0.222 e. The second-order valence-corrected chi connectivity index (χ2v) is 4.93. The summed E-state index contributed by atoms with van der Waals surface area (Å²) >= 11 is 0. The fourth-order valence-electron chi connectivity index (χ4n) is 2.64. The second-order valence-electron chi connectivity index (χ2n) is 4.93. The van der Waals surface area contributed by atoms with Gasteiger partial charge in [0.1, 0.15) is 5.82 Å². The number of rotatable bonds is 2. The van der Waals surface area contributed by atoms with E-state index in [1.807, 2.05) is 24.3 Å². The summed E-state index contributed by atoms with van der Waals surface area (Å²) in [7, 11) is 0. The van der Waals surface area contributed by atoms with E-state index in [9.17, 15) is 0 Å². The number of nitrogens with two attached hydrogens (primary N) is 1. The van der Waals surface area contributed by atoms with E-state index in [0.29, 0.717) is 12.0 Å². The van der Waals surface area contributed by atoms with Crippen LogP contribution < -0.4 is 11.1 Å². The Balaban J connectivity index is 1.94. The Kier molecular flexibility index (Phi) is 3.00. The molecule has 1 saturated carbocycles. The molecular formula is C14H18N4. The van der Waals surface area contributed by atoms with Crippen LogP contribution in [0.2, 0.25) is 0 Å². The van der Waals surface area contributed by atoms with E-state index in [1.54, 1.807) is 0 Å². The predicted molar refractivity (Wildman–Crippen MR) is 74.4 cm³/mol. The van der Waals surface area contributed by atoms with Gasteiger partial charge in [-0.3, -0.25) is 0 Å². The van der Waals surface area contributed by atoms with E-state index < -0.39 is 0 Å². The van der Waals surface area contributed by atoms with Gasteiger partial charge in [-0.25, -0.2) is 4.98 Å². The molecule has 1 aromatic carbocycles. The molecule has 1 aliphatic rings. The summed E-state index contributed by atoms with van der Waals surface area (Å²) in [6.45, 7) is 0. The number of anilines is 2. The van der Waals surface area contributed by atoms with Crippen molar-refractivity contribution in [2.75, 3.05) is 11.1 Å². The summed E-state index contributed by atoms with van der Waals surface area (Å²) in [6.07, 6.45) is 6.40. The minimum absolute atomic E-state index is 0.340. The highest BCUT2D eigenvalue weighted by Crippen LogP contribution is 2.25. The van der Waals surface area contributed by atoms with Crippen LogP contribution >= 0.6 is 0 Å². The molecule has 1 aliphatic carbocycles. The van der Waals surface area contributed by atoms with Crippen molar-refractivity contribution in [3.8, 4) is 0 Å². The van der Waals surface area contributed by atoms with Gasteiger partial charge in [0.25, 0.3) is 0 Å². The van der Waals surface area contributed by atoms with Crippen molar-refractivity contribution in [2.24, 2.45) is 0 Å². The number of hydrogen-bond donors (Lipinski definition) is 2. The largest absolute Gasteiger partial charge is 0.368 e. The Hall–Kier alpha value is -1.84. The van der Waals surface area contributed by atoms with Crippen molar-refractivity contribution < 1.29 is 0 Å². The number of nitrogen functional groups attached to an aromatic ring is 1. The number of hydrogen-bond acceptors (Lipinski definition) is 4. The van der Waals surface area contributed by atoms with Crippen LogP contribution in [0.25, 0.3) is 10.9 Å². The second kappa shape index (κ2) is 4.80. The first kappa shape index (κ1) is 11.3.